The van der Waals surface area contributed by atoms with Gasteiger partial charge in [-0.15, -0.1) is 11.3 Å². The Labute approximate surface area is 116 Å². The number of likely N-dealkylation sites (tertiary alicyclic amines) is 1. The molecule has 1 saturated heterocycles. The number of primary amides is 1. The second-order valence-corrected chi connectivity index (χ2v) is 6.49. The molecule has 0 saturated carbocycles. The summed E-state index contributed by atoms with van der Waals surface area (Å²) in [5, 5.41) is 2.70. The molecule has 6 heteroatoms. The standard InChI is InChI=1S/C12H18ClN3OS/c13-11-4-3-10(18-11)8-16-5-1-2-9(7-16)6-15-12(14)17/h3-4,9H,1-2,5-8H2,(H3,14,15,17). The molecule has 1 aliphatic heterocycles. The molecule has 4 nitrogen and oxygen atoms in total. The number of amides is 2. The average Bonchev–Trinajstić information content (AvgIpc) is 2.73. The number of piperidine rings is 1. The number of thiophene rings is 1. The van der Waals surface area contributed by atoms with Crippen molar-refractivity contribution in [3.8, 4) is 0 Å². The van der Waals surface area contributed by atoms with Crippen LogP contribution in [0, 0.1) is 5.92 Å². The number of hydrogen-bond donors (Lipinski definition) is 2. The Morgan fingerprint density at radius 1 is 1.61 bits per heavy atom. The predicted octanol–water partition coefficient (Wildman–Crippen LogP) is 2.28. The molecule has 1 aromatic rings. The molecule has 0 bridgehead atoms. The summed E-state index contributed by atoms with van der Waals surface area (Å²) in [5.74, 6) is 0.502. The first-order valence-corrected chi connectivity index (χ1v) is 7.33. The molecule has 18 heavy (non-hydrogen) atoms. The summed E-state index contributed by atoms with van der Waals surface area (Å²) in [7, 11) is 0. The molecule has 0 radical (unpaired) electrons. The zero-order valence-electron chi connectivity index (χ0n) is 10.2. The highest BCUT2D eigenvalue weighted by molar-refractivity contribution is 7.16. The van der Waals surface area contributed by atoms with Crippen molar-refractivity contribution in [3.63, 3.8) is 0 Å². The minimum Gasteiger partial charge on any atom is -0.352 e. The minimum atomic E-state index is -0.433. The van der Waals surface area contributed by atoms with Crippen LogP contribution in [0.25, 0.3) is 0 Å². The van der Waals surface area contributed by atoms with E-state index in [1.807, 2.05) is 6.07 Å². The van der Waals surface area contributed by atoms with Gasteiger partial charge in [0.05, 0.1) is 4.34 Å². The van der Waals surface area contributed by atoms with E-state index in [4.69, 9.17) is 17.3 Å². The summed E-state index contributed by atoms with van der Waals surface area (Å²) in [6.07, 6.45) is 2.33. The predicted molar refractivity (Wildman–Crippen MR) is 74.9 cm³/mol. The van der Waals surface area contributed by atoms with Gasteiger partial charge in [-0.2, -0.15) is 0 Å². The third-order valence-electron chi connectivity index (χ3n) is 3.18. The van der Waals surface area contributed by atoms with E-state index in [1.165, 1.54) is 11.3 Å². The fourth-order valence-corrected chi connectivity index (χ4v) is 3.49. The molecule has 1 aliphatic rings. The van der Waals surface area contributed by atoms with Crippen LogP contribution in [0.3, 0.4) is 0 Å². The normalized spacial score (nSPS) is 20.8. The highest BCUT2D eigenvalue weighted by Crippen LogP contribution is 2.24. The van der Waals surface area contributed by atoms with Crippen molar-refractivity contribution in [2.75, 3.05) is 19.6 Å². The maximum Gasteiger partial charge on any atom is 0.312 e. The Kier molecular flexibility index (Phi) is 4.86. The highest BCUT2D eigenvalue weighted by atomic mass is 35.5. The van der Waals surface area contributed by atoms with Crippen molar-refractivity contribution >= 4 is 29.0 Å². The number of nitrogens with two attached hydrogens (primary N) is 1. The molecule has 1 fully saturated rings. The Balaban J connectivity index is 1.81. The van der Waals surface area contributed by atoms with Gasteiger partial charge in [0.25, 0.3) is 0 Å². The zero-order valence-corrected chi connectivity index (χ0v) is 11.8. The Morgan fingerprint density at radius 2 is 2.44 bits per heavy atom. The molecule has 2 rings (SSSR count). The number of nitrogens with one attached hydrogen (secondary N) is 1. The molecule has 0 aliphatic carbocycles. The maximum absolute atomic E-state index is 10.7. The second-order valence-electron chi connectivity index (χ2n) is 4.69. The largest absolute Gasteiger partial charge is 0.352 e. The maximum atomic E-state index is 10.7. The monoisotopic (exact) mass is 287 g/mol. The van der Waals surface area contributed by atoms with Gasteiger partial charge >= 0.3 is 6.03 Å². The first-order chi connectivity index (χ1) is 8.63. The first kappa shape index (κ1) is 13.6. The van der Waals surface area contributed by atoms with E-state index in [2.05, 4.69) is 16.3 Å². The molecule has 1 aromatic heterocycles. The number of nitrogens with zero attached hydrogens (tertiary/aromatic N) is 1. The highest BCUT2D eigenvalue weighted by Gasteiger charge is 2.20. The van der Waals surface area contributed by atoms with E-state index in [-0.39, 0.29) is 0 Å². The number of urea groups is 1. The molecule has 0 aromatic carbocycles. The number of carbonyl (C=O) groups is 1. The smallest absolute Gasteiger partial charge is 0.312 e. The summed E-state index contributed by atoms with van der Waals surface area (Å²) >= 11 is 7.56. The molecule has 0 spiro atoms. The van der Waals surface area contributed by atoms with Gasteiger partial charge in [0, 0.05) is 24.5 Å². The van der Waals surface area contributed by atoms with Crippen LogP contribution in [0.1, 0.15) is 17.7 Å². The summed E-state index contributed by atoms with van der Waals surface area (Å²) in [6.45, 7) is 3.75. The van der Waals surface area contributed by atoms with Crippen molar-refractivity contribution in [1.29, 1.82) is 0 Å². The lowest BCUT2D eigenvalue weighted by Gasteiger charge is -2.32. The van der Waals surface area contributed by atoms with Crippen LogP contribution in [-0.4, -0.2) is 30.6 Å². The van der Waals surface area contributed by atoms with Crippen molar-refractivity contribution < 1.29 is 4.79 Å². The van der Waals surface area contributed by atoms with Gasteiger partial charge in [0.15, 0.2) is 0 Å². The van der Waals surface area contributed by atoms with Crippen LogP contribution >= 0.6 is 22.9 Å². The quantitative estimate of drug-likeness (QED) is 0.893. The molecule has 1 unspecified atom stereocenters. The SMILES string of the molecule is NC(=O)NCC1CCCN(Cc2ccc(Cl)s2)C1. The van der Waals surface area contributed by atoms with Gasteiger partial charge in [-0.1, -0.05) is 11.6 Å². The van der Waals surface area contributed by atoms with E-state index in [0.29, 0.717) is 12.5 Å². The molecular formula is C12H18ClN3OS. The van der Waals surface area contributed by atoms with E-state index in [9.17, 15) is 4.79 Å². The minimum absolute atomic E-state index is 0.433. The molecule has 3 N–H and O–H groups in total. The molecule has 100 valence electrons. The topological polar surface area (TPSA) is 58.4 Å². The fourth-order valence-electron chi connectivity index (χ4n) is 2.36. The summed E-state index contributed by atoms with van der Waals surface area (Å²) in [5.41, 5.74) is 5.09. The fraction of sp³-hybridized carbons (Fsp3) is 0.583. The van der Waals surface area contributed by atoms with Gasteiger partial charge < -0.3 is 11.1 Å². The van der Waals surface area contributed by atoms with Crippen molar-refractivity contribution in [3.05, 3.63) is 21.3 Å². The van der Waals surface area contributed by atoms with E-state index in [1.54, 1.807) is 11.3 Å². The van der Waals surface area contributed by atoms with Crippen LogP contribution in [0.15, 0.2) is 12.1 Å². The van der Waals surface area contributed by atoms with Gasteiger partial charge in [0.1, 0.15) is 0 Å². The van der Waals surface area contributed by atoms with E-state index in [0.717, 1.165) is 30.4 Å². The Morgan fingerprint density at radius 3 is 3.11 bits per heavy atom. The van der Waals surface area contributed by atoms with Crippen LogP contribution in [-0.2, 0) is 6.54 Å². The van der Waals surface area contributed by atoms with Crippen molar-refractivity contribution in [1.82, 2.24) is 10.2 Å². The lowest BCUT2D eigenvalue weighted by molar-refractivity contribution is 0.167. The average molecular weight is 288 g/mol. The van der Waals surface area contributed by atoms with Crippen molar-refractivity contribution in [2.45, 2.75) is 19.4 Å². The number of rotatable bonds is 4. The van der Waals surface area contributed by atoms with Crippen LogP contribution in [0.5, 0.6) is 0 Å². The van der Waals surface area contributed by atoms with Crippen LogP contribution < -0.4 is 11.1 Å². The molecule has 1 atom stereocenters. The second kappa shape index (κ2) is 6.41. The lowest BCUT2D eigenvalue weighted by Crippen LogP contribution is -2.41. The zero-order chi connectivity index (χ0) is 13.0. The summed E-state index contributed by atoms with van der Waals surface area (Å²) in [4.78, 5) is 14.4. The van der Waals surface area contributed by atoms with Crippen molar-refractivity contribution in [2.24, 2.45) is 11.7 Å². The van der Waals surface area contributed by atoms with Crippen LogP contribution in [0.2, 0.25) is 4.34 Å². The summed E-state index contributed by atoms with van der Waals surface area (Å²) < 4.78 is 0.842. The number of hydrogen-bond acceptors (Lipinski definition) is 3. The molecule has 2 amide bonds. The van der Waals surface area contributed by atoms with Gasteiger partial charge in [-0.3, -0.25) is 4.90 Å². The first-order valence-electron chi connectivity index (χ1n) is 6.13. The van der Waals surface area contributed by atoms with Gasteiger partial charge in [0.2, 0.25) is 0 Å². The Hall–Kier alpha value is -0.780. The van der Waals surface area contributed by atoms with E-state index < -0.39 is 6.03 Å². The molecule has 2 heterocycles. The molecular weight excluding hydrogens is 270 g/mol. The van der Waals surface area contributed by atoms with Gasteiger partial charge in [-0.25, -0.2) is 4.79 Å². The number of carbonyl (C=O) groups excluding carboxylic acids is 1. The third-order valence-corrected chi connectivity index (χ3v) is 4.39. The van der Waals surface area contributed by atoms with E-state index >= 15 is 0 Å². The number of halogens is 1. The van der Waals surface area contributed by atoms with Gasteiger partial charge in [-0.05, 0) is 37.4 Å². The lowest BCUT2D eigenvalue weighted by atomic mass is 9.98. The summed E-state index contributed by atoms with van der Waals surface area (Å²) in [6, 6.07) is 3.59. The van der Waals surface area contributed by atoms with Crippen LogP contribution in [0.4, 0.5) is 4.79 Å². The Bertz CT molecular complexity index is 410. The third kappa shape index (κ3) is 4.15.